The minimum Gasteiger partial charge on any atom is -0.369 e. The molecule has 0 unspecified atom stereocenters. The van der Waals surface area contributed by atoms with Crippen molar-refractivity contribution >= 4 is 28.5 Å². The average Bonchev–Trinajstić information content (AvgIpc) is 2.93. The molecule has 8 nitrogen and oxygen atoms in total. The number of piperidine rings is 1. The number of fused-ring (bicyclic) bond motifs is 1. The number of primary amides is 1. The number of rotatable bonds is 4. The summed E-state index contributed by atoms with van der Waals surface area (Å²) in [5, 5.41) is 2.87. The number of anilines is 1. The van der Waals surface area contributed by atoms with Crippen LogP contribution in [-0.4, -0.2) is 45.8 Å². The van der Waals surface area contributed by atoms with Crippen LogP contribution in [0.3, 0.4) is 0 Å². The van der Waals surface area contributed by atoms with E-state index in [0.717, 1.165) is 0 Å². The fraction of sp³-hybridized carbons (Fsp3) is 0.438. The summed E-state index contributed by atoms with van der Waals surface area (Å²) >= 11 is 0. The molecule has 2 aromatic rings. The molecule has 2 heterocycles. The van der Waals surface area contributed by atoms with E-state index in [2.05, 4.69) is 15.3 Å². The summed E-state index contributed by atoms with van der Waals surface area (Å²) in [5.41, 5.74) is 7.02. The van der Waals surface area contributed by atoms with Crippen LogP contribution in [0.4, 0.5) is 5.69 Å². The maximum Gasteiger partial charge on any atom is 0.323 e. The van der Waals surface area contributed by atoms with E-state index in [1.54, 1.807) is 18.2 Å². The molecule has 1 aliphatic rings. The Morgan fingerprint density at radius 2 is 1.92 bits per heavy atom. The number of aromatic amines is 2. The zero-order valence-electron chi connectivity index (χ0n) is 13.5. The number of carbonyl (C=O) groups excluding carboxylic acids is 2. The molecule has 128 valence electrons. The van der Waals surface area contributed by atoms with Crippen molar-refractivity contribution in [2.75, 3.05) is 18.4 Å². The van der Waals surface area contributed by atoms with Crippen LogP contribution in [0, 0.1) is 5.92 Å². The number of hydrogen-bond acceptors (Lipinski definition) is 4. The maximum atomic E-state index is 12.4. The smallest absolute Gasteiger partial charge is 0.323 e. The fourth-order valence-corrected chi connectivity index (χ4v) is 3.09. The Hall–Kier alpha value is -2.61. The third kappa shape index (κ3) is 3.33. The molecule has 5 N–H and O–H groups in total. The molecule has 0 radical (unpaired) electrons. The van der Waals surface area contributed by atoms with Crippen molar-refractivity contribution in [3.8, 4) is 0 Å². The van der Waals surface area contributed by atoms with Gasteiger partial charge in [0, 0.05) is 11.6 Å². The monoisotopic (exact) mass is 331 g/mol. The van der Waals surface area contributed by atoms with Gasteiger partial charge < -0.3 is 21.0 Å². The number of amides is 2. The van der Waals surface area contributed by atoms with Gasteiger partial charge in [0.05, 0.1) is 17.1 Å². The molecule has 8 heteroatoms. The van der Waals surface area contributed by atoms with E-state index in [-0.39, 0.29) is 29.5 Å². The molecule has 1 saturated heterocycles. The number of likely N-dealkylation sites (tertiary alicyclic amines) is 1. The summed E-state index contributed by atoms with van der Waals surface area (Å²) < 4.78 is 0. The molecule has 0 bridgehead atoms. The second-order valence-corrected chi connectivity index (χ2v) is 6.22. The van der Waals surface area contributed by atoms with Crippen molar-refractivity contribution < 1.29 is 9.59 Å². The van der Waals surface area contributed by atoms with Gasteiger partial charge in [-0.05, 0) is 51.1 Å². The Balaban J connectivity index is 1.63. The van der Waals surface area contributed by atoms with Gasteiger partial charge in [-0.15, -0.1) is 0 Å². The van der Waals surface area contributed by atoms with Crippen LogP contribution in [0.25, 0.3) is 11.0 Å². The first-order valence-electron chi connectivity index (χ1n) is 8.00. The second kappa shape index (κ2) is 6.48. The number of imidazole rings is 1. The summed E-state index contributed by atoms with van der Waals surface area (Å²) in [7, 11) is 0. The Labute approximate surface area is 138 Å². The number of H-pyrrole nitrogens is 2. The highest BCUT2D eigenvalue weighted by Crippen LogP contribution is 2.20. The van der Waals surface area contributed by atoms with Crippen LogP contribution in [-0.2, 0) is 9.59 Å². The normalized spacial score (nSPS) is 17.7. The lowest BCUT2D eigenvalue weighted by molar-refractivity contribution is -0.124. The van der Waals surface area contributed by atoms with E-state index in [4.69, 9.17) is 5.73 Å². The quantitative estimate of drug-likeness (QED) is 0.646. The van der Waals surface area contributed by atoms with Gasteiger partial charge in [0.1, 0.15) is 0 Å². The number of nitrogens with zero attached hydrogens (tertiary/aromatic N) is 1. The first-order valence-corrected chi connectivity index (χ1v) is 8.00. The number of nitrogens with two attached hydrogens (primary N) is 1. The van der Waals surface area contributed by atoms with Crippen LogP contribution in [0.15, 0.2) is 23.0 Å². The Bertz CT molecular complexity index is 816. The number of hydrogen-bond donors (Lipinski definition) is 4. The van der Waals surface area contributed by atoms with Gasteiger partial charge in [-0.25, -0.2) is 4.79 Å². The molecule has 1 atom stereocenters. The van der Waals surface area contributed by atoms with Crippen molar-refractivity contribution in [2.45, 2.75) is 25.8 Å². The molecule has 1 aromatic heterocycles. The second-order valence-electron chi connectivity index (χ2n) is 6.22. The molecule has 0 spiro atoms. The van der Waals surface area contributed by atoms with E-state index in [1.807, 2.05) is 11.8 Å². The molecule has 24 heavy (non-hydrogen) atoms. The number of benzene rings is 1. The van der Waals surface area contributed by atoms with Crippen molar-refractivity contribution in [2.24, 2.45) is 11.7 Å². The molecule has 0 saturated carbocycles. The standard InChI is InChI=1S/C16H21N5O3/c1-9(21-6-4-10(5-7-21)14(17)22)15(23)18-11-2-3-12-13(8-11)20-16(24)19-12/h2-3,8-10H,4-7H2,1H3,(H2,17,22)(H,18,23)(H2,19,20,24)/t9-/m1/s1. The van der Waals surface area contributed by atoms with Gasteiger partial charge in [-0.3, -0.25) is 14.5 Å². The van der Waals surface area contributed by atoms with Crippen molar-refractivity contribution in [3.63, 3.8) is 0 Å². The van der Waals surface area contributed by atoms with Gasteiger partial charge in [-0.2, -0.15) is 0 Å². The van der Waals surface area contributed by atoms with Crippen LogP contribution < -0.4 is 16.7 Å². The summed E-state index contributed by atoms with van der Waals surface area (Å²) in [4.78, 5) is 42.3. The van der Waals surface area contributed by atoms with Crippen LogP contribution in [0.1, 0.15) is 19.8 Å². The number of nitrogens with one attached hydrogen (secondary N) is 3. The van der Waals surface area contributed by atoms with Crippen LogP contribution in [0.2, 0.25) is 0 Å². The predicted molar refractivity (Wildman–Crippen MR) is 90.5 cm³/mol. The molecular weight excluding hydrogens is 310 g/mol. The van der Waals surface area contributed by atoms with Gasteiger partial charge in [0.15, 0.2) is 0 Å². The van der Waals surface area contributed by atoms with Gasteiger partial charge in [0.25, 0.3) is 0 Å². The lowest BCUT2D eigenvalue weighted by Crippen LogP contribution is -2.47. The molecule has 0 aliphatic carbocycles. The van der Waals surface area contributed by atoms with E-state index in [0.29, 0.717) is 42.7 Å². The average molecular weight is 331 g/mol. The van der Waals surface area contributed by atoms with Gasteiger partial charge >= 0.3 is 5.69 Å². The van der Waals surface area contributed by atoms with E-state index in [9.17, 15) is 14.4 Å². The summed E-state index contributed by atoms with van der Waals surface area (Å²) in [6.07, 6.45) is 1.37. The highest BCUT2D eigenvalue weighted by molar-refractivity contribution is 5.96. The molecule has 1 fully saturated rings. The number of carbonyl (C=O) groups is 2. The first kappa shape index (κ1) is 16.3. The highest BCUT2D eigenvalue weighted by Gasteiger charge is 2.28. The summed E-state index contributed by atoms with van der Waals surface area (Å²) in [6.45, 7) is 3.19. The Kier molecular flexibility index (Phi) is 4.39. The lowest BCUT2D eigenvalue weighted by Gasteiger charge is -2.34. The maximum absolute atomic E-state index is 12.4. The van der Waals surface area contributed by atoms with Crippen LogP contribution >= 0.6 is 0 Å². The Morgan fingerprint density at radius 3 is 2.58 bits per heavy atom. The summed E-state index contributed by atoms with van der Waals surface area (Å²) in [6, 6.07) is 4.90. The molecular formula is C16H21N5O3. The predicted octanol–water partition coefficient (Wildman–Crippen LogP) is 0.381. The zero-order chi connectivity index (χ0) is 17.3. The number of aromatic nitrogens is 2. The molecule has 1 aliphatic heterocycles. The largest absolute Gasteiger partial charge is 0.369 e. The SMILES string of the molecule is C[C@H](C(=O)Nc1ccc2[nH]c(=O)[nH]c2c1)N1CCC(C(N)=O)CC1. The highest BCUT2D eigenvalue weighted by atomic mass is 16.2. The van der Waals surface area contributed by atoms with E-state index >= 15 is 0 Å². The lowest BCUT2D eigenvalue weighted by atomic mass is 9.95. The van der Waals surface area contributed by atoms with Crippen LogP contribution in [0.5, 0.6) is 0 Å². The minimum absolute atomic E-state index is 0.0932. The zero-order valence-corrected chi connectivity index (χ0v) is 13.5. The summed E-state index contributed by atoms with van der Waals surface area (Å²) in [5.74, 6) is -0.477. The topological polar surface area (TPSA) is 124 Å². The van der Waals surface area contributed by atoms with E-state index in [1.165, 1.54) is 0 Å². The van der Waals surface area contributed by atoms with Gasteiger partial charge in [-0.1, -0.05) is 0 Å². The van der Waals surface area contributed by atoms with Crippen molar-refractivity contribution in [1.29, 1.82) is 0 Å². The van der Waals surface area contributed by atoms with Crippen molar-refractivity contribution in [3.05, 3.63) is 28.7 Å². The fourth-order valence-electron chi connectivity index (χ4n) is 3.09. The third-order valence-electron chi connectivity index (χ3n) is 4.64. The molecule has 1 aromatic carbocycles. The Morgan fingerprint density at radius 1 is 1.25 bits per heavy atom. The molecule has 2 amide bonds. The van der Waals surface area contributed by atoms with E-state index < -0.39 is 0 Å². The third-order valence-corrected chi connectivity index (χ3v) is 4.64. The minimum atomic E-state index is -0.306. The molecule has 3 rings (SSSR count). The van der Waals surface area contributed by atoms with Gasteiger partial charge in [0.2, 0.25) is 11.8 Å². The first-order chi connectivity index (χ1) is 11.4. The van der Waals surface area contributed by atoms with Crippen molar-refractivity contribution in [1.82, 2.24) is 14.9 Å².